The molecule has 4 rings (SSSR count). The minimum absolute atomic E-state index is 0. The molecule has 156 valence electrons. The SMILES string of the molecule is Cl.Cl.O=C(CC1CC2CCC(C1)N2)Nc1cccc(C(=O)Nc2ccncc2)c1. The third-order valence-electron chi connectivity index (χ3n) is 5.39. The fourth-order valence-corrected chi connectivity index (χ4v) is 4.19. The molecule has 1 aromatic carbocycles. The zero-order chi connectivity index (χ0) is 18.6. The zero-order valence-corrected chi connectivity index (χ0v) is 17.6. The number of piperidine rings is 1. The van der Waals surface area contributed by atoms with Crippen LogP contribution in [0.15, 0.2) is 48.8 Å². The van der Waals surface area contributed by atoms with Gasteiger partial charge >= 0.3 is 0 Å². The molecule has 2 aliphatic heterocycles. The van der Waals surface area contributed by atoms with Crippen LogP contribution in [0.25, 0.3) is 0 Å². The fraction of sp³-hybridized carbons (Fsp3) is 0.381. The molecule has 6 nitrogen and oxygen atoms in total. The molecule has 2 unspecified atom stereocenters. The van der Waals surface area contributed by atoms with Gasteiger partial charge in [-0.15, -0.1) is 24.8 Å². The number of hydrogen-bond acceptors (Lipinski definition) is 4. The summed E-state index contributed by atoms with van der Waals surface area (Å²) in [5.41, 5.74) is 1.84. The summed E-state index contributed by atoms with van der Waals surface area (Å²) < 4.78 is 0. The molecule has 2 saturated heterocycles. The van der Waals surface area contributed by atoms with Crippen LogP contribution in [0.2, 0.25) is 0 Å². The summed E-state index contributed by atoms with van der Waals surface area (Å²) >= 11 is 0. The van der Waals surface area contributed by atoms with Gasteiger partial charge in [-0.3, -0.25) is 14.6 Å². The maximum absolute atomic E-state index is 12.4. The number of nitrogens with one attached hydrogen (secondary N) is 3. The summed E-state index contributed by atoms with van der Waals surface area (Å²) in [5, 5.41) is 9.37. The number of rotatable bonds is 5. The van der Waals surface area contributed by atoms with Crippen LogP contribution in [-0.2, 0) is 4.79 Å². The third-order valence-corrected chi connectivity index (χ3v) is 5.39. The highest BCUT2D eigenvalue weighted by Crippen LogP contribution is 2.32. The first-order valence-electron chi connectivity index (χ1n) is 9.53. The monoisotopic (exact) mass is 436 g/mol. The maximum atomic E-state index is 12.4. The van der Waals surface area contributed by atoms with Gasteiger partial charge in [-0.25, -0.2) is 0 Å². The largest absolute Gasteiger partial charge is 0.326 e. The van der Waals surface area contributed by atoms with Crippen molar-refractivity contribution >= 4 is 48.0 Å². The molecule has 2 fully saturated rings. The predicted molar refractivity (Wildman–Crippen MR) is 119 cm³/mol. The number of carbonyl (C=O) groups excluding carboxylic acids is 2. The number of halogens is 2. The first kappa shape index (κ1) is 23.1. The topological polar surface area (TPSA) is 83.1 Å². The lowest BCUT2D eigenvalue weighted by atomic mass is 9.89. The van der Waals surface area contributed by atoms with Gasteiger partial charge in [0.15, 0.2) is 0 Å². The average molecular weight is 437 g/mol. The predicted octanol–water partition coefficient (Wildman–Crippen LogP) is 4.04. The van der Waals surface area contributed by atoms with Crippen LogP contribution in [0.1, 0.15) is 42.5 Å². The summed E-state index contributed by atoms with van der Waals surface area (Å²) in [5.74, 6) is 0.252. The second kappa shape index (κ2) is 10.6. The van der Waals surface area contributed by atoms with Gasteiger partial charge < -0.3 is 16.0 Å². The Balaban J connectivity index is 0.00000150. The molecule has 8 heteroatoms. The Bertz CT molecular complexity index is 822. The summed E-state index contributed by atoms with van der Waals surface area (Å²) in [6.07, 6.45) is 8.42. The van der Waals surface area contributed by atoms with Crippen LogP contribution >= 0.6 is 24.8 Å². The molecule has 0 radical (unpaired) electrons. The number of aromatic nitrogens is 1. The fourth-order valence-electron chi connectivity index (χ4n) is 4.19. The Hall–Kier alpha value is -2.15. The smallest absolute Gasteiger partial charge is 0.255 e. The van der Waals surface area contributed by atoms with Gasteiger partial charge in [-0.2, -0.15) is 0 Å². The van der Waals surface area contributed by atoms with E-state index in [9.17, 15) is 9.59 Å². The molecule has 3 heterocycles. The van der Waals surface area contributed by atoms with E-state index in [1.165, 1.54) is 12.8 Å². The average Bonchev–Trinajstić information content (AvgIpc) is 3.01. The first-order valence-corrected chi connectivity index (χ1v) is 9.53. The van der Waals surface area contributed by atoms with Gasteiger partial charge in [0.25, 0.3) is 5.91 Å². The van der Waals surface area contributed by atoms with E-state index < -0.39 is 0 Å². The van der Waals surface area contributed by atoms with Crippen molar-refractivity contribution in [1.82, 2.24) is 10.3 Å². The van der Waals surface area contributed by atoms with Crippen molar-refractivity contribution in [2.24, 2.45) is 5.92 Å². The van der Waals surface area contributed by atoms with E-state index in [1.807, 2.05) is 6.07 Å². The van der Waals surface area contributed by atoms with Crippen molar-refractivity contribution in [2.45, 2.75) is 44.2 Å². The molecule has 29 heavy (non-hydrogen) atoms. The van der Waals surface area contributed by atoms with Gasteiger partial charge in [-0.05, 0) is 61.9 Å². The van der Waals surface area contributed by atoms with Crippen molar-refractivity contribution in [1.29, 1.82) is 0 Å². The van der Waals surface area contributed by atoms with Gasteiger partial charge in [0.2, 0.25) is 5.91 Å². The number of carbonyl (C=O) groups is 2. The van der Waals surface area contributed by atoms with Crippen molar-refractivity contribution in [3.63, 3.8) is 0 Å². The number of benzene rings is 1. The zero-order valence-electron chi connectivity index (χ0n) is 16.0. The van der Waals surface area contributed by atoms with Crippen LogP contribution in [0, 0.1) is 5.92 Å². The van der Waals surface area contributed by atoms with Gasteiger partial charge in [0, 0.05) is 47.8 Å². The highest BCUT2D eigenvalue weighted by molar-refractivity contribution is 6.05. The second-order valence-electron chi connectivity index (χ2n) is 7.50. The van der Waals surface area contributed by atoms with E-state index >= 15 is 0 Å². The molecule has 2 amide bonds. The van der Waals surface area contributed by atoms with Crippen LogP contribution in [0.4, 0.5) is 11.4 Å². The Morgan fingerprint density at radius 3 is 2.34 bits per heavy atom. The molecular weight excluding hydrogens is 411 g/mol. The number of anilines is 2. The van der Waals surface area contributed by atoms with E-state index in [0.717, 1.165) is 12.8 Å². The third kappa shape index (κ3) is 6.16. The molecule has 1 aromatic heterocycles. The molecular formula is C21H26Cl2N4O2. The Morgan fingerprint density at radius 1 is 0.966 bits per heavy atom. The minimum atomic E-state index is -0.216. The lowest BCUT2D eigenvalue weighted by Crippen LogP contribution is -2.39. The number of nitrogens with zero attached hydrogens (tertiary/aromatic N) is 1. The van der Waals surface area contributed by atoms with E-state index in [4.69, 9.17) is 0 Å². The van der Waals surface area contributed by atoms with Crippen LogP contribution < -0.4 is 16.0 Å². The minimum Gasteiger partial charge on any atom is -0.326 e. The highest BCUT2D eigenvalue weighted by Gasteiger charge is 2.34. The van der Waals surface area contributed by atoms with Gasteiger partial charge in [0.1, 0.15) is 0 Å². The Labute approximate surface area is 183 Å². The first-order chi connectivity index (χ1) is 13.2. The van der Waals surface area contributed by atoms with Crippen molar-refractivity contribution in [3.8, 4) is 0 Å². The van der Waals surface area contributed by atoms with E-state index in [-0.39, 0.29) is 36.6 Å². The number of pyridine rings is 1. The number of amides is 2. The van der Waals surface area contributed by atoms with Gasteiger partial charge in [0.05, 0.1) is 0 Å². The molecule has 0 aliphatic carbocycles. The number of fused-ring (bicyclic) bond motifs is 2. The van der Waals surface area contributed by atoms with Crippen LogP contribution in [0.5, 0.6) is 0 Å². The number of hydrogen-bond donors (Lipinski definition) is 3. The maximum Gasteiger partial charge on any atom is 0.255 e. The van der Waals surface area contributed by atoms with Crippen LogP contribution in [0.3, 0.4) is 0 Å². The van der Waals surface area contributed by atoms with Crippen molar-refractivity contribution in [2.75, 3.05) is 10.6 Å². The van der Waals surface area contributed by atoms with Crippen molar-refractivity contribution < 1.29 is 9.59 Å². The van der Waals surface area contributed by atoms with E-state index in [1.54, 1.807) is 42.7 Å². The normalized spacial score (nSPS) is 22.0. The lowest BCUT2D eigenvalue weighted by Gasteiger charge is -2.28. The van der Waals surface area contributed by atoms with Gasteiger partial charge in [-0.1, -0.05) is 6.07 Å². The molecule has 3 N–H and O–H groups in total. The summed E-state index contributed by atoms with van der Waals surface area (Å²) in [4.78, 5) is 28.8. The molecule has 2 aromatic rings. The quantitative estimate of drug-likeness (QED) is 0.660. The molecule has 2 aliphatic rings. The standard InChI is InChI=1S/C21H24N4O2.2ClH/c26-20(12-14-10-18-4-5-19(11-14)23-18)24-17-3-1-2-15(13-17)21(27)25-16-6-8-22-9-7-16;;/h1-3,6-9,13-14,18-19,23H,4-5,10-12H2,(H,24,26)(H,22,25,27);2*1H. The van der Waals surface area contributed by atoms with E-state index in [0.29, 0.717) is 41.4 Å². The summed E-state index contributed by atoms with van der Waals surface area (Å²) in [6.45, 7) is 0. The molecule has 2 atom stereocenters. The molecule has 0 spiro atoms. The Morgan fingerprint density at radius 2 is 1.66 bits per heavy atom. The highest BCUT2D eigenvalue weighted by atomic mass is 35.5. The summed E-state index contributed by atoms with van der Waals surface area (Å²) in [7, 11) is 0. The molecule has 2 bridgehead atoms. The Kier molecular flexibility index (Phi) is 8.44. The van der Waals surface area contributed by atoms with E-state index in [2.05, 4.69) is 20.9 Å². The van der Waals surface area contributed by atoms with Crippen LogP contribution in [-0.4, -0.2) is 28.9 Å². The summed E-state index contributed by atoms with van der Waals surface area (Å²) in [6, 6.07) is 11.7. The van der Waals surface area contributed by atoms with Crippen molar-refractivity contribution in [3.05, 3.63) is 54.4 Å². The molecule has 0 saturated carbocycles. The second-order valence-corrected chi connectivity index (χ2v) is 7.50. The lowest BCUT2D eigenvalue weighted by molar-refractivity contribution is -0.117.